The van der Waals surface area contributed by atoms with Crippen LogP contribution in [-0.2, 0) is 25.5 Å². The van der Waals surface area contributed by atoms with Crippen LogP contribution in [0.1, 0.15) is 19.5 Å². The third-order valence-electron chi connectivity index (χ3n) is 2.88. The molecule has 0 saturated heterocycles. The van der Waals surface area contributed by atoms with Gasteiger partial charge in [0.2, 0.25) is 11.8 Å². The van der Waals surface area contributed by atoms with E-state index in [1.807, 2.05) is 0 Å². The molecule has 0 fully saturated rings. The van der Waals surface area contributed by atoms with Crippen molar-refractivity contribution >= 4 is 34.3 Å². The molecule has 0 atom stereocenters. The summed E-state index contributed by atoms with van der Waals surface area (Å²) in [7, 11) is 1.48. The lowest BCUT2D eigenvalue weighted by Gasteiger charge is -2.19. The lowest BCUT2D eigenvalue weighted by Crippen LogP contribution is -2.38. The first kappa shape index (κ1) is 19.0. The Morgan fingerprint density at radius 3 is 2.70 bits per heavy atom. The molecule has 0 unspecified atom stereocenters. The largest absolute Gasteiger partial charge is 0.480 e. The number of thiazole rings is 1. The SMILES string of the molecule is COCCN(CC(=O)O)C(=O)Cc1csc(NC(=O)C(C)C)n1. The molecule has 2 amide bonds. The summed E-state index contributed by atoms with van der Waals surface area (Å²) in [5, 5.41) is 13.6. The number of anilines is 1. The van der Waals surface area contributed by atoms with Gasteiger partial charge in [0.15, 0.2) is 5.13 Å². The summed E-state index contributed by atoms with van der Waals surface area (Å²) in [6, 6.07) is 0. The Labute approximate surface area is 138 Å². The van der Waals surface area contributed by atoms with E-state index in [1.54, 1.807) is 19.2 Å². The average molecular weight is 343 g/mol. The van der Waals surface area contributed by atoms with E-state index in [2.05, 4.69) is 10.3 Å². The number of hydrogen-bond donors (Lipinski definition) is 2. The van der Waals surface area contributed by atoms with Gasteiger partial charge < -0.3 is 20.1 Å². The summed E-state index contributed by atoms with van der Waals surface area (Å²) in [4.78, 5) is 40.0. The van der Waals surface area contributed by atoms with Gasteiger partial charge in [-0.1, -0.05) is 13.8 Å². The van der Waals surface area contributed by atoms with Gasteiger partial charge in [0.25, 0.3) is 0 Å². The van der Waals surface area contributed by atoms with Crippen LogP contribution in [0.2, 0.25) is 0 Å². The minimum Gasteiger partial charge on any atom is -0.480 e. The van der Waals surface area contributed by atoms with Gasteiger partial charge >= 0.3 is 5.97 Å². The van der Waals surface area contributed by atoms with E-state index in [0.29, 0.717) is 10.8 Å². The van der Waals surface area contributed by atoms with Crippen LogP contribution < -0.4 is 5.32 Å². The zero-order valence-electron chi connectivity index (χ0n) is 13.4. The highest BCUT2D eigenvalue weighted by Gasteiger charge is 2.18. The fourth-order valence-corrected chi connectivity index (χ4v) is 2.33. The second-order valence-electron chi connectivity index (χ2n) is 5.17. The molecule has 0 saturated carbocycles. The Morgan fingerprint density at radius 2 is 2.13 bits per heavy atom. The number of nitrogens with one attached hydrogen (secondary N) is 1. The molecule has 0 spiro atoms. The van der Waals surface area contributed by atoms with E-state index in [1.165, 1.54) is 23.3 Å². The Morgan fingerprint density at radius 1 is 1.43 bits per heavy atom. The Balaban J connectivity index is 2.65. The molecule has 23 heavy (non-hydrogen) atoms. The summed E-state index contributed by atoms with van der Waals surface area (Å²) in [6.45, 7) is 3.61. The van der Waals surface area contributed by atoms with Gasteiger partial charge in [-0.05, 0) is 0 Å². The quantitative estimate of drug-likeness (QED) is 0.688. The second kappa shape index (κ2) is 9.21. The molecule has 8 nitrogen and oxygen atoms in total. The molecule has 0 aliphatic rings. The fraction of sp³-hybridized carbons (Fsp3) is 0.571. The number of nitrogens with zero attached hydrogens (tertiary/aromatic N) is 2. The maximum absolute atomic E-state index is 12.2. The molecule has 0 aliphatic carbocycles. The van der Waals surface area contributed by atoms with Gasteiger partial charge in [0.1, 0.15) is 6.54 Å². The molecule has 0 aromatic carbocycles. The van der Waals surface area contributed by atoms with Crippen LogP contribution in [0.25, 0.3) is 0 Å². The summed E-state index contributed by atoms with van der Waals surface area (Å²) in [5.74, 6) is -1.75. The molecule has 0 bridgehead atoms. The first-order chi connectivity index (χ1) is 10.8. The van der Waals surface area contributed by atoms with Crippen molar-refractivity contribution < 1.29 is 24.2 Å². The monoisotopic (exact) mass is 343 g/mol. The van der Waals surface area contributed by atoms with Crippen molar-refractivity contribution in [1.82, 2.24) is 9.88 Å². The predicted molar refractivity (Wildman–Crippen MR) is 85.4 cm³/mol. The first-order valence-electron chi connectivity index (χ1n) is 7.07. The van der Waals surface area contributed by atoms with Crippen molar-refractivity contribution in [2.24, 2.45) is 5.92 Å². The Kier molecular flexibility index (Phi) is 7.63. The lowest BCUT2D eigenvalue weighted by molar-refractivity contribution is -0.144. The van der Waals surface area contributed by atoms with Crippen LogP contribution in [-0.4, -0.2) is 59.6 Å². The molecule has 128 valence electrons. The van der Waals surface area contributed by atoms with E-state index in [-0.39, 0.29) is 43.8 Å². The van der Waals surface area contributed by atoms with E-state index < -0.39 is 5.97 Å². The lowest BCUT2D eigenvalue weighted by atomic mass is 10.2. The maximum atomic E-state index is 12.2. The number of ether oxygens (including phenoxy) is 1. The molecular weight excluding hydrogens is 322 g/mol. The van der Waals surface area contributed by atoms with Crippen LogP contribution in [0, 0.1) is 5.92 Å². The fourth-order valence-electron chi connectivity index (χ4n) is 1.62. The van der Waals surface area contributed by atoms with E-state index in [9.17, 15) is 14.4 Å². The second-order valence-corrected chi connectivity index (χ2v) is 6.02. The van der Waals surface area contributed by atoms with E-state index in [4.69, 9.17) is 9.84 Å². The standard InChI is InChI=1S/C14H21N3O5S/c1-9(2)13(21)16-14-15-10(8-23-14)6-11(18)17(4-5-22-3)7-12(19)20/h8-9H,4-7H2,1-3H3,(H,19,20)(H,15,16,21). The number of rotatable bonds is 9. The van der Waals surface area contributed by atoms with Gasteiger partial charge in [-0.3, -0.25) is 14.4 Å². The molecule has 9 heteroatoms. The van der Waals surface area contributed by atoms with Crippen molar-refractivity contribution in [2.75, 3.05) is 32.1 Å². The number of carboxylic acid groups (broad SMARTS) is 1. The summed E-state index contributed by atoms with van der Waals surface area (Å²) in [6.07, 6.45) is -0.0228. The smallest absolute Gasteiger partial charge is 0.323 e. The number of carbonyl (C=O) groups is 3. The number of aliphatic carboxylic acids is 1. The zero-order chi connectivity index (χ0) is 17.4. The summed E-state index contributed by atoms with van der Waals surface area (Å²) >= 11 is 1.23. The van der Waals surface area contributed by atoms with Crippen LogP contribution in [0.3, 0.4) is 0 Å². The van der Waals surface area contributed by atoms with E-state index >= 15 is 0 Å². The van der Waals surface area contributed by atoms with Crippen molar-refractivity contribution in [3.8, 4) is 0 Å². The van der Waals surface area contributed by atoms with Crippen molar-refractivity contribution in [1.29, 1.82) is 0 Å². The topological polar surface area (TPSA) is 109 Å². The molecule has 0 aliphatic heterocycles. The number of hydrogen-bond acceptors (Lipinski definition) is 6. The van der Waals surface area contributed by atoms with Gasteiger partial charge in [-0.15, -0.1) is 11.3 Å². The van der Waals surface area contributed by atoms with Gasteiger partial charge in [0.05, 0.1) is 18.7 Å². The Hall–Kier alpha value is -2.00. The van der Waals surface area contributed by atoms with Crippen LogP contribution in [0.15, 0.2) is 5.38 Å². The molecule has 0 radical (unpaired) electrons. The summed E-state index contributed by atoms with van der Waals surface area (Å²) < 4.78 is 4.88. The number of carbonyl (C=O) groups excluding carboxylic acids is 2. The van der Waals surface area contributed by atoms with Crippen molar-refractivity contribution in [2.45, 2.75) is 20.3 Å². The number of amides is 2. The third kappa shape index (κ3) is 6.74. The van der Waals surface area contributed by atoms with Crippen molar-refractivity contribution in [3.63, 3.8) is 0 Å². The average Bonchev–Trinajstić information content (AvgIpc) is 2.89. The van der Waals surface area contributed by atoms with Crippen molar-refractivity contribution in [3.05, 3.63) is 11.1 Å². The number of aromatic nitrogens is 1. The number of carboxylic acids is 1. The van der Waals surface area contributed by atoms with Crippen LogP contribution in [0.4, 0.5) is 5.13 Å². The summed E-state index contributed by atoms with van der Waals surface area (Å²) in [5.41, 5.74) is 0.492. The Bertz CT molecular complexity index is 558. The van der Waals surface area contributed by atoms with E-state index in [0.717, 1.165) is 0 Å². The molecular formula is C14H21N3O5S. The van der Waals surface area contributed by atoms with Crippen LogP contribution in [0.5, 0.6) is 0 Å². The molecule has 2 N–H and O–H groups in total. The zero-order valence-corrected chi connectivity index (χ0v) is 14.2. The minimum atomic E-state index is -1.09. The third-order valence-corrected chi connectivity index (χ3v) is 3.69. The van der Waals surface area contributed by atoms with Gasteiger partial charge in [-0.25, -0.2) is 4.98 Å². The molecule has 1 heterocycles. The normalized spacial score (nSPS) is 10.6. The highest BCUT2D eigenvalue weighted by atomic mass is 32.1. The molecule has 1 aromatic rings. The molecule has 1 rings (SSSR count). The highest BCUT2D eigenvalue weighted by Crippen LogP contribution is 2.17. The molecule has 1 aromatic heterocycles. The highest BCUT2D eigenvalue weighted by molar-refractivity contribution is 7.13. The van der Waals surface area contributed by atoms with Gasteiger partial charge in [0, 0.05) is 25.0 Å². The minimum absolute atomic E-state index is 0.0228. The number of methoxy groups -OCH3 is 1. The maximum Gasteiger partial charge on any atom is 0.323 e. The first-order valence-corrected chi connectivity index (χ1v) is 7.95. The van der Waals surface area contributed by atoms with Gasteiger partial charge in [-0.2, -0.15) is 0 Å². The van der Waals surface area contributed by atoms with Crippen LogP contribution >= 0.6 is 11.3 Å². The predicted octanol–water partition coefficient (Wildman–Crippen LogP) is 0.840.